The fourth-order valence-corrected chi connectivity index (χ4v) is 1.55. The summed E-state index contributed by atoms with van der Waals surface area (Å²) in [6.07, 6.45) is 0. The second-order valence-electron chi connectivity index (χ2n) is 3.15. The van der Waals surface area contributed by atoms with E-state index in [9.17, 15) is 4.39 Å². The number of benzene rings is 1. The first-order valence-electron chi connectivity index (χ1n) is 4.69. The highest BCUT2D eigenvalue weighted by Crippen LogP contribution is 2.25. The number of pyridine rings is 1. The van der Waals surface area contributed by atoms with E-state index in [1.165, 1.54) is 18.2 Å². The molecule has 17 heavy (non-hydrogen) atoms. The van der Waals surface area contributed by atoms with Crippen molar-refractivity contribution in [2.45, 2.75) is 0 Å². The van der Waals surface area contributed by atoms with Crippen molar-refractivity contribution in [1.29, 1.82) is 5.26 Å². The van der Waals surface area contributed by atoms with Gasteiger partial charge in [0, 0.05) is 6.07 Å². The summed E-state index contributed by atoms with van der Waals surface area (Å²) in [5.41, 5.74) is 0.267. The van der Waals surface area contributed by atoms with Crippen LogP contribution in [-0.2, 0) is 0 Å². The first-order valence-corrected chi connectivity index (χ1v) is 5.48. The number of halogens is 2. The molecule has 0 atom stereocenters. The summed E-state index contributed by atoms with van der Waals surface area (Å²) >= 11 is 3.06. The predicted octanol–water partition coefficient (Wildman–Crippen LogP) is 3.65. The molecule has 0 saturated carbocycles. The minimum absolute atomic E-state index is 0.267. The van der Waals surface area contributed by atoms with Crippen molar-refractivity contribution in [2.75, 3.05) is 0 Å². The van der Waals surface area contributed by atoms with Crippen molar-refractivity contribution in [3.63, 3.8) is 0 Å². The molecule has 0 unspecified atom stereocenters. The largest absolute Gasteiger partial charge is 0.439 e. The van der Waals surface area contributed by atoms with Crippen LogP contribution in [0.4, 0.5) is 4.39 Å². The third-order valence-corrected chi connectivity index (χ3v) is 2.56. The third-order valence-electron chi connectivity index (χ3n) is 1.95. The zero-order chi connectivity index (χ0) is 12.3. The number of rotatable bonds is 2. The summed E-state index contributed by atoms with van der Waals surface area (Å²) in [4.78, 5) is 3.95. The van der Waals surface area contributed by atoms with Crippen molar-refractivity contribution in [3.05, 3.63) is 52.4 Å². The highest BCUT2D eigenvalue weighted by atomic mass is 79.9. The van der Waals surface area contributed by atoms with E-state index < -0.39 is 0 Å². The molecule has 84 valence electrons. The van der Waals surface area contributed by atoms with E-state index in [-0.39, 0.29) is 11.5 Å². The van der Waals surface area contributed by atoms with Gasteiger partial charge in [-0.3, -0.25) is 0 Å². The molecule has 5 heteroatoms. The van der Waals surface area contributed by atoms with Gasteiger partial charge in [0.1, 0.15) is 23.3 Å². The Morgan fingerprint density at radius 3 is 2.82 bits per heavy atom. The number of ether oxygens (including phenoxy) is 1. The van der Waals surface area contributed by atoms with Crippen molar-refractivity contribution >= 4 is 15.9 Å². The molecule has 0 aliphatic carbocycles. The van der Waals surface area contributed by atoms with Crippen LogP contribution >= 0.6 is 15.9 Å². The van der Waals surface area contributed by atoms with E-state index in [0.29, 0.717) is 16.1 Å². The Morgan fingerprint density at radius 1 is 1.29 bits per heavy atom. The molecule has 0 aliphatic rings. The van der Waals surface area contributed by atoms with Crippen molar-refractivity contribution in [3.8, 4) is 17.7 Å². The van der Waals surface area contributed by atoms with Gasteiger partial charge in [-0.2, -0.15) is 5.26 Å². The zero-order valence-electron chi connectivity index (χ0n) is 8.52. The van der Waals surface area contributed by atoms with Gasteiger partial charge in [0.25, 0.3) is 0 Å². The Bertz CT molecular complexity index is 595. The standard InChI is InChI=1S/C12H6BrFN2O/c13-10-6-9(4-5-11(10)14)17-12-3-1-2-8(7-15)16-12/h1-6H. The zero-order valence-corrected chi connectivity index (χ0v) is 10.1. The van der Waals surface area contributed by atoms with E-state index >= 15 is 0 Å². The summed E-state index contributed by atoms with van der Waals surface area (Å²) in [6.45, 7) is 0. The van der Waals surface area contributed by atoms with Crippen molar-refractivity contribution < 1.29 is 9.13 Å². The molecule has 0 radical (unpaired) electrons. The summed E-state index contributed by atoms with van der Waals surface area (Å²) in [7, 11) is 0. The average molecular weight is 293 g/mol. The van der Waals surface area contributed by atoms with Crippen molar-refractivity contribution in [2.24, 2.45) is 0 Å². The van der Waals surface area contributed by atoms with Crippen LogP contribution in [0, 0.1) is 17.1 Å². The predicted molar refractivity (Wildman–Crippen MR) is 63.1 cm³/mol. The smallest absolute Gasteiger partial charge is 0.220 e. The summed E-state index contributed by atoms with van der Waals surface area (Å²) in [5, 5.41) is 8.68. The number of nitriles is 1. The van der Waals surface area contributed by atoms with Crippen LogP contribution in [0.2, 0.25) is 0 Å². The molecule has 2 aromatic rings. The Morgan fingerprint density at radius 2 is 2.12 bits per heavy atom. The Hall–Kier alpha value is -1.93. The fraction of sp³-hybridized carbons (Fsp3) is 0. The normalized spacial score (nSPS) is 9.71. The first kappa shape index (κ1) is 11.6. The topological polar surface area (TPSA) is 45.9 Å². The highest BCUT2D eigenvalue weighted by molar-refractivity contribution is 9.10. The fourth-order valence-electron chi connectivity index (χ4n) is 1.20. The lowest BCUT2D eigenvalue weighted by atomic mass is 10.3. The number of hydrogen-bond donors (Lipinski definition) is 0. The molecular formula is C12H6BrFN2O. The van der Waals surface area contributed by atoms with Crippen LogP contribution in [0.15, 0.2) is 40.9 Å². The van der Waals surface area contributed by atoms with Gasteiger partial charge in [0.05, 0.1) is 4.47 Å². The van der Waals surface area contributed by atoms with E-state index in [2.05, 4.69) is 20.9 Å². The van der Waals surface area contributed by atoms with Crippen LogP contribution in [-0.4, -0.2) is 4.98 Å². The van der Waals surface area contributed by atoms with Crippen LogP contribution in [0.5, 0.6) is 11.6 Å². The summed E-state index contributed by atoms with van der Waals surface area (Å²) in [6, 6.07) is 11.0. The van der Waals surface area contributed by atoms with Gasteiger partial charge in [-0.05, 0) is 40.2 Å². The average Bonchev–Trinajstić information content (AvgIpc) is 2.34. The molecule has 3 nitrogen and oxygen atoms in total. The lowest BCUT2D eigenvalue weighted by Gasteiger charge is -2.05. The minimum Gasteiger partial charge on any atom is -0.439 e. The van der Waals surface area contributed by atoms with Gasteiger partial charge in [-0.1, -0.05) is 6.07 Å². The maximum Gasteiger partial charge on any atom is 0.220 e. The molecule has 1 heterocycles. The quantitative estimate of drug-likeness (QED) is 0.849. The molecule has 0 saturated heterocycles. The molecule has 0 amide bonds. The molecule has 1 aromatic heterocycles. The van der Waals surface area contributed by atoms with E-state index in [1.807, 2.05) is 6.07 Å². The lowest BCUT2D eigenvalue weighted by Crippen LogP contribution is -1.90. The first-order chi connectivity index (χ1) is 8.19. The van der Waals surface area contributed by atoms with E-state index in [0.717, 1.165) is 0 Å². The Kier molecular flexibility index (Phi) is 3.35. The molecule has 0 bridgehead atoms. The third kappa shape index (κ3) is 2.80. The number of hydrogen-bond acceptors (Lipinski definition) is 3. The van der Waals surface area contributed by atoms with Crippen LogP contribution in [0.25, 0.3) is 0 Å². The molecule has 2 rings (SSSR count). The summed E-state index contributed by atoms with van der Waals surface area (Å²) < 4.78 is 18.7. The van der Waals surface area contributed by atoms with Gasteiger partial charge in [0.2, 0.25) is 5.88 Å². The van der Waals surface area contributed by atoms with E-state index in [4.69, 9.17) is 10.00 Å². The Labute approximate surface area is 106 Å². The molecule has 0 spiro atoms. The molecule has 1 aromatic carbocycles. The van der Waals surface area contributed by atoms with Gasteiger partial charge >= 0.3 is 0 Å². The van der Waals surface area contributed by atoms with Gasteiger partial charge in [-0.15, -0.1) is 0 Å². The second-order valence-corrected chi connectivity index (χ2v) is 4.01. The maximum atomic E-state index is 13.0. The Balaban J connectivity index is 2.25. The lowest BCUT2D eigenvalue weighted by molar-refractivity contribution is 0.460. The minimum atomic E-state index is -0.365. The van der Waals surface area contributed by atoms with Crippen LogP contribution < -0.4 is 4.74 Å². The molecular weight excluding hydrogens is 287 g/mol. The number of aromatic nitrogens is 1. The number of nitrogens with zero attached hydrogens (tertiary/aromatic N) is 2. The molecule has 0 aliphatic heterocycles. The summed E-state index contributed by atoms with van der Waals surface area (Å²) in [5.74, 6) is 0.375. The maximum absolute atomic E-state index is 13.0. The van der Waals surface area contributed by atoms with Gasteiger partial charge < -0.3 is 4.74 Å². The second kappa shape index (κ2) is 4.93. The van der Waals surface area contributed by atoms with E-state index in [1.54, 1.807) is 18.2 Å². The monoisotopic (exact) mass is 292 g/mol. The van der Waals surface area contributed by atoms with Crippen molar-refractivity contribution in [1.82, 2.24) is 4.98 Å². The molecule has 0 N–H and O–H groups in total. The van der Waals surface area contributed by atoms with Gasteiger partial charge in [-0.25, -0.2) is 9.37 Å². The SMILES string of the molecule is N#Cc1cccc(Oc2ccc(F)c(Br)c2)n1. The molecule has 0 fully saturated rings. The van der Waals surface area contributed by atoms with Crippen LogP contribution in [0.3, 0.4) is 0 Å². The van der Waals surface area contributed by atoms with Crippen LogP contribution in [0.1, 0.15) is 5.69 Å². The highest BCUT2D eigenvalue weighted by Gasteiger charge is 2.03. The van der Waals surface area contributed by atoms with Gasteiger partial charge in [0.15, 0.2) is 0 Å².